The zero-order valence-corrected chi connectivity index (χ0v) is 27.2. The van der Waals surface area contributed by atoms with E-state index < -0.39 is 23.5 Å². The predicted molar refractivity (Wildman–Crippen MR) is 173 cm³/mol. The van der Waals surface area contributed by atoms with Crippen LogP contribution in [0.15, 0.2) is 34.9 Å². The molecule has 10 nitrogen and oxygen atoms in total. The third-order valence-corrected chi connectivity index (χ3v) is 8.56. The molecule has 3 amide bonds. The van der Waals surface area contributed by atoms with Crippen molar-refractivity contribution >= 4 is 28.6 Å². The van der Waals surface area contributed by atoms with E-state index in [2.05, 4.69) is 27.9 Å². The predicted octanol–water partition coefficient (Wildman–Crippen LogP) is 5.72. The highest BCUT2D eigenvalue weighted by Gasteiger charge is 2.42. The van der Waals surface area contributed by atoms with Gasteiger partial charge in [-0.2, -0.15) is 0 Å². The first-order chi connectivity index (χ1) is 21.1. The van der Waals surface area contributed by atoms with Crippen molar-refractivity contribution in [2.75, 3.05) is 20.1 Å². The Bertz CT molecular complexity index is 1420. The van der Waals surface area contributed by atoms with E-state index in [-0.39, 0.29) is 23.4 Å². The Hall–Kier alpha value is -3.66. The van der Waals surface area contributed by atoms with Gasteiger partial charge in [-0.3, -0.25) is 14.4 Å². The fraction of sp³-hybridized carbons (Fsp3) is 0.588. The topological polar surface area (TPSA) is 132 Å². The number of carbonyl (C=O) groups excluding carboxylic acids is 3. The third-order valence-electron chi connectivity index (χ3n) is 8.56. The van der Waals surface area contributed by atoms with Gasteiger partial charge in [0.15, 0.2) is 11.5 Å². The number of H-pyrrole nitrogens is 1. The van der Waals surface area contributed by atoms with Gasteiger partial charge in [-0.25, -0.2) is 4.98 Å². The number of hydrogen-bond acceptors (Lipinski definition) is 6. The molecule has 0 spiro atoms. The minimum Gasteiger partial charge on any atom is -0.437 e. The number of unbranched alkanes of at least 4 members (excludes halogenated alkanes) is 5. The van der Waals surface area contributed by atoms with E-state index in [0.717, 1.165) is 42.1 Å². The normalized spacial score (nSPS) is 16.7. The van der Waals surface area contributed by atoms with Gasteiger partial charge in [0.2, 0.25) is 17.7 Å². The largest absolute Gasteiger partial charge is 0.437 e. The summed E-state index contributed by atoms with van der Waals surface area (Å²) in [6.07, 6.45) is 10.0. The van der Waals surface area contributed by atoms with Crippen molar-refractivity contribution in [3.8, 4) is 11.3 Å². The molecule has 4 rings (SSSR count). The van der Waals surface area contributed by atoms with E-state index in [1.54, 1.807) is 18.9 Å². The third kappa shape index (κ3) is 7.70. The molecule has 1 saturated heterocycles. The first kappa shape index (κ1) is 33.2. The summed E-state index contributed by atoms with van der Waals surface area (Å²) in [4.78, 5) is 50.2. The summed E-state index contributed by atoms with van der Waals surface area (Å²) in [5.74, 6) is 0.0193. The summed E-state index contributed by atoms with van der Waals surface area (Å²) in [6.45, 7) is 10.9. The summed E-state index contributed by atoms with van der Waals surface area (Å²) in [5, 5.41) is 9.88. The number of fused-ring (bicyclic) bond motifs is 1. The molecule has 0 bridgehead atoms. The smallest absolute Gasteiger partial charge is 0.273 e. The molecule has 10 heteroatoms. The Morgan fingerprint density at radius 1 is 1.11 bits per heavy atom. The molecule has 1 fully saturated rings. The van der Waals surface area contributed by atoms with Crippen LogP contribution in [0.3, 0.4) is 0 Å². The lowest BCUT2D eigenvalue weighted by Crippen LogP contribution is -2.57. The van der Waals surface area contributed by atoms with Crippen LogP contribution in [-0.2, 0) is 9.59 Å². The summed E-state index contributed by atoms with van der Waals surface area (Å²) in [7, 11) is 1.71. The maximum atomic E-state index is 14.1. The Kier molecular flexibility index (Phi) is 11.2. The second kappa shape index (κ2) is 14.9. The van der Waals surface area contributed by atoms with Crippen molar-refractivity contribution in [1.82, 2.24) is 30.8 Å². The number of amides is 3. The molecule has 1 aliphatic rings. The second-order valence-electron chi connectivity index (χ2n) is 13.0. The Morgan fingerprint density at radius 3 is 2.57 bits per heavy atom. The number of likely N-dealkylation sites (tertiary alicyclic amines) is 1. The van der Waals surface area contributed by atoms with E-state index in [9.17, 15) is 14.4 Å². The molecule has 3 atom stereocenters. The average Bonchev–Trinajstić information content (AvgIpc) is 3.76. The lowest BCUT2D eigenvalue weighted by molar-refractivity contribution is -0.141. The zero-order chi connectivity index (χ0) is 31.9. The number of hydrogen-bond donors (Lipinski definition) is 4. The van der Waals surface area contributed by atoms with Gasteiger partial charge in [0.05, 0.1) is 6.04 Å². The van der Waals surface area contributed by atoms with Crippen molar-refractivity contribution in [3.63, 3.8) is 0 Å². The van der Waals surface area contributed by atoms with Crippen LogP contribution in [0, 0.1) is 5.41 Å². The van der Waals surface area contributed by atoms with Gasteiger partial charge in [-0.15, -0.1) is 0 Å². The first-order valence-electron chi connectivity index (χ1n) is 16.2. The Morgan fingerprint density at radius 2 is 1.84 bits per heavy atom. The molecule has 1 aliphatic heterocycles. The molecule has 2 aromatic heterocycles. The standard InChI is InChI=1S/C34H50N6O4/c1-7-8-9-10-11-14-19-36-31(42)27-28(24-21-37-25-17-13-12-16-23(24)25)44-32(38-27)26-18-15-20-40(26)33(43)29(34(3,4)5)39-30(41)22(2)35-6/h12-13,16-17,21-22,26,29,35,37H,7-11,14-15,18-20H2,1-6H3,(H,36,42)(H,39,41)/t22-,26-,29+/m0/s1. The van der Waals surface area contributed by atoms with E-state index in [1.165, 1.54) is 19.3 Å². The van der Waals surface area contributed by atoms with E-state index in [1.807, 2.05) is 51.2 Å². The molecule has 0 saturated carbocycles. The summed E-state index contributed by atoms with van der Waals surface area (Å²) in [5.41, 5.74) is 1.37. The number of nitrogens with zero attached hydrogens (tertiary/aromatic N) is 2. The molecule has 240 valence electrons. The van der Waals surface area contributed by atoms with E-state index in [4.69, 9.17) is 9.40 Å². The number of rotatable bonds is 14. The van der Waals surface area contributed by atoms with Crippen LogP contribution in [0.4, 0.5) is 0 Å². The summed E-state index contributed by atoms with van der Waals surface area (Å²) in [6, 6.07) is 6.22. The van der Waals surface area contributed by atoms with Crippen LogP contribution >= 0.6 is 0 Å². The van der Waals surface area contributed by atoms with Gasteiger partial charge in [0.1, 0.15) is 12.1 Å². The van der Waals surface area contributed by atoms with Gasteiger partial charge in [0, 0.05) is 35.8 Å². The van der Waals surface area contributed by atoms with Crippen LogP contribution in [0.1, 0.15) is 108 Å². The SMILES string of the molecule is CCCCCCCCNC(=O)c1nc([C@@H]2CCCN2C(=O)[C@@H](NC(=O)[C@H](C)NC)C(C)(C)C)oc1-c1c[nH]c2ccccc12. The van der Waals surface area contributed by atoms with Crippen LogP contribution < -0.4 is 16.0 Å². The maximum absolute atomic E-state index is 14.1. The van der Waals surface area contributed by atoms with E-state index >= 15 is 0 Å². The Labute approximate surface area is 261 Å². The highest BCUT2D eigenvalue weighted by Crippen LogP contribution is 2.38. The fourth-order valence-electron chi connectivity index (χ4n) is 5.77. The van der Waals surface area contributed by atoms with Crippen LogP contribution in [0.2, 0.25) is 0 Å². The number of para-hydroxylation sites is 1. The van der Waals surface area contributed by atoms with Gasteiger partial charge in [-0.05, 0) is 44.7 Å². The maximum Gasteiger partial charge on any atom is 0.273 e. The molecular weight excluding hydrogens is 556 g/mol. The molecular formula is C34H50N6O4. The van der Waals surface area contributed by atoms with Crippen LogP contribution in [0.5, 0.6) is 0 Å². The number of likely N-dealkylation sites (N-methyl/N-ethyl adjacent to an activating group) is 1. The lowest BCUT2D eigenvalue weighted by atomic mass is 9.85. The summed E-state index contributed by atoms with van der Waals surface area (Å²) >= 11 is 0. The first-order valence-corrected chi connectivity index (χ1v) is 16.2. The number of carbonyl (C=O) groups is 3. The number of nitrogens with one attached hydrogen (secondary N) is 4. The molecule has 0 radical (unpaired) electrons. The van der Waals surface area contributed by atoms with Crippen LogP contribution in [-0.4, -0.2) is 64.8 Å². The highest BCUT2D eigenvalue weighted by molar-refractivity contribution is 6.03. The van der Waals surface area contributed by atoms with Crippen molar-refractivity contribution < 1.29 is 18.8 Å². The lowest BCUT2D eigenvalue weighted by Gasteiger charge is -2.35. The number of aromatic amines is 1. The zero-order valence-electron chi connectivity index (χ0n) is 27.2. The van der Waals surface area contributed by atoms with Gasteiger partial charge in [-0.1, -0.05) is 78.0 Å². The Balaban J connectivity index is 1.62. The second-order valence-corrected chi connectivity index (χ2v) is 13.0. The minimum absolute atomic E-state index is 0.183. The van der Waals surface area contributed by atoms with Crippen molar-refractivity contribution in [3.05, 3.63) is 42.0 Å². The quantitative estimate of drug-likeness (QED) is 0.174. The van der Waals surface area contributed by atoms with Crippen molar-refractivity contribution in [2.24, 2.45) is 5.41 Å². The van der Waals surface area contributed by atoms with Gasteiger partial charge in [0.25, 0.3) is 5.91 Å². The molecule has 0 unspecified atom stereocenters. The molecule has 3 aromatic rings. The number of aromatic nitrogens is 2. The molecule has 44 heavy (non-hydrogen) atoms. The van der Waals surface area contributed by atoms with Crippen molar-refractivity contribution in [2.45, 2.75) is 104 Å². The highest BCUT2D eigenvalue weighted by atomic mass is 16.4. The molecule has 3 heterocycles. The van der Waals surface area contributed by atoms with Crippen molar-refractivity contribution in [1.29, 1.82) is 0 Å². The number of benzene rings is 1. The molecule has 1 aromatic carbocycles. The molecule has 0 aliphatic carbocycles. The van der Waals surface area contributed by atoms with E-state index in [0.29, 0.717) is 31.2 Å². The minimum atomic E-state index is -0.741. The number of oxazole rings is 1. The molecule has 4 N–H and O–H groups in total. The van der Waals surface area contributed by atoms with Crippen LogP contribution in [0.25, 0.3) is 22.2 Å². The van der Waals surface area contributed by atoms with Gasteiger partial charge < -0.3 is 30.3 Å². The summed E-state index contributed by atoms with van der Waals surface area (Å²) < 4.78 is 6.44. The van der Waals surface area contributed by atoms with Gasteiger partial charge >= 0.3 is 0 Å². The fourth-order valence-corrected chi connectivity index (χ4v) is 5.77. The average molecular weight is 607 g/mol. The monoisotopic (exact) mass is 606 g/mol.